The van der Waals surface area contributed by atoms with E-state index in [1.165, 1.54) is 52.0 Å². The molecule has 3 aromatic rings. The molecule has 2 amide bonds. The van der Waals surface area contributed by atoms with E-state index in [0.717, 1.165) is 0 Å². The standard InChI is InChI=1S/C24H21Br2N3O8/c1-33-18-8-13(9-19(34-2)22(18)35-3)23(31)27-12-20(30)29-28-11-14-7-15(25)10-16(26)21(14)37-24(32)17-5-4-6-36-17/h4-11H,12H2,1-3H3,(H,27,31)(H,29,30)/b28-11-. The minimum absolute atomic E-state index is 0.0221. The monoisotopic (exact) mass is 637 g/mol. The number of carbonyl (C=O) groups is 3. The third kappa shape index (κ3) is 7.11. The first kappa shape index (κ1) is 27.7. The summed E-state index contributed by atoms with van der Waals surface area (Å²) in [6.07, 6.45) is 2.64. The van der Waals surface area contributed by atoms with Gasteiger partial charge in [-0.05, 0) is 52.3 Å². The molecule has 11 nitrogen and oxygen atoms in total. The van der Waals surface area contributed by atoms with Gasteiger partial charge in [0.1, 0.15) is 0 Å². The molecule has 0 saturated carbocycles. The van der Waals surface area contributed by atoms with Crippen LogP contribution in [0.3, 0.4) is 0 Å². The van der Waals surface area contributed by atoms with Crippen LogP contribution in [0.2, 0.25) is 0 Å². The molecule has 0 aliphatic carbocycles. The number of nitrogens with one attached hydrogen (secondary N) is 2. The number of rotatable bonds is 10. The summed E-state index contributed by atoms with van der Waals surface area (Å²) in [4.78, 5) is 37.1. The number of benzene rings is 2. The fourth-order valence-corrected chi connectivity index (χ4v) is 4.35. The van der Waals surface area contributed by atoms with Gasteiger partial charge in [0.05, 0.1) is 44.8 Å². The number of hydrogen-bond acceptors (Lipinski definition) is 9. The molecule has 0 unspecified atom stereocenters. The van der Waals surface area contributed by atoms with Gasteiger partial charge in [0.2, 0.25) is 11.5 Å². The van der Waals surface area contributed by atoms with Gasteiger partial charge in [-0.2, -0.15) is 5.10 Å². The molecule has 194 valence electrons. The molecule has 0 saturated heterocycles. The number of methoxy groups -OCH3 is 3. The van der Waals surface area contributed by atoms with Crippen LogP contribution in [-0.2, 0) is 4.79 Å². The predicted octanol–water partition coefficient (Wildman–Crippen LogP) is 3.93. The average molecular weight is 639 g/mol. The maximum absolute atomic E-state index is 12.6. The Morgan fingerprint density at radius 3 is 2.30 bits per heavy atom. The molecule has 0 fully saturated rings. The van der Waals surface area contributed by atoms with Crippen molar-refractivity contribution < 1.29 is 37.7 Å². The lowest BCUT2D eigenvalue weighted by Gasteiger charge is -2.14. The molecule has 37 heavy (non-hydrogen) atoms. The summed E-state index contributed by atoms with van der Waals surface area (Å²) in [5.41, 5.74) is 2.88. The molecule has 3 rings (SSSR count). The Morgan fingerprint density at radius 1 is 1.00 bits per heavy atom. The van der Waals surface area contributed by atoms with E-state index in [2.05, 4.69) is 47.7 Å². The largest absolute Gasteiger partial charge is 0.493 e. The average Bonchev–Trinajstić information content (AvgIpc) is 3.43. The van der Waals surface area contributed by atoms with Crippen LogP contribution in [0.1, 0.15) is 26.5 Å². The summed E-state index contributed by atoms with van der Waals surface area (Å²) in [7, 11) is 4.30. The van der Waals surface area contributed by atoms with Gasteiger partial charge in [0.25, 0.3) is 11.8 Å². The van der Waals surface area contributed by atoms with Gasteiger partial charge in [-0.25, -0.2) is 10.2 Å². The molecule has 0 radical (unpaired) electrons. The number of hydrazone groups is 1. The number of esters is 1. The molecule has 1 aromatic heterocycles. The van der Waals surface area contributed by atoms with E-state index < -0.39 is 17.8 Å². The molecule has 0 atom stereocenters. The second-order valence-corrected chi connectivity index (χ2v) is 8.83. The summed E-state index contributed by atoms with van der Waals surface area (Å²) in [5.74, 6) is -0.730. The number of hydrogen-bond donors (Lipinski definition) is 2. The van der Waals surface area contributed by atoms with Crippen LogP contribution < -0.4 is 29.7 Å². The van der Waals surface area contributed by atoms with Crippen molar-refractivity contribution in [1.29, 1.82) is 0 Å². The van der Waals surface area contributed by atoms with Crippen molar-refractivity contribution >= 4 is 55.9 Å². The Morgan fingerprint density at radius 2 is 1.70 bits per heavy atom. The van der Waals surface area contributed by atoms with Crippen LogP contribution in [0.5, 0.6) is 23.0 Å². The van der Waals surface area contributed by atoms with E-state index in [1.54, 1.807) is 18.2 Å². The maximum Gasteiger partial charge on any atom is 0.379 e. The van der Waals surface area contributed by atoms with E-state index >= 15 is 0 Å². The summed E-state index contributed by atoms with van der Waals surface area (Å²) >= 11 is 6.70. The quantitative estimate of drug-likeness (QED) is 0.147. The normalized spacial score (nSPS) is 10.6. The highest BCUT2D eigenvalue weighted by molar-refractivity contribution is 9.11. The molecule has 1 heterocycles. The Hall–Kier alpha value is -3.84. The molecule has 2 aromatic carbocycles. The zero-order chi connectivity index (χ0) is 26.9. The van der Waals surface area contributed by atoms with Gasteiger partial charge in [-0.15, -0.1) is 0 Å². The van der Waals surface area contributed by atoms with Crippen LogP contribution in [-0.4, -0.2) is 51.9 Å². The van der Waals surface area contributed by atoms with E-state index in [0.29, 0.717) is 31.8 Å². The fraction of sp³-hybridized carbons (Fsp3) is 0.167. The SMILES string of the molecule is COc1cc(C(=O)NCC(=O)N/N=C\c2cc(Br)cc(Br)c2OC(=O)c2ccco2)cc(OC)c1OC. The van der Waals surface area contributed by atoms with E-state index in [-0.39, 0.29) is 23.6 Å². The van der Waals surface area contributed by atoms with Crippen LogP contribution in [0.15, 0.2) is 61.1 Å². The minimum Gasteiger partial charge on any atom is -0.493 e. The Balaban J connectivity index is 1.64. The number of ether oxygens (including phenoxy) is 4. The van der Waals surface area contributed by atoms with Crippen molar-refractivity contribution in [3.63, 3.8) is 0 Å². The highest BCUT2D eigenvalue weighted by Crippen LogP contribution is 2.38. The van der Waals surface area contributed by atoms with Gasteiger partial charge in [-0.1, -0.05) is 15.9 Å². The fourth-order valence-electron chi connectivity index (χ4n) is 3.01. The lowest BCUT2D eigenvalue weighted by Crippen LogP contribution is -2.35. The van der Waals surface area contributed by atoms with E-state index in [1.807, 2.05) is 0 Å². The summed E-state index contributed by atoms with van der Waals surface area (Å²) in [6, 6.07) is 9.27. The van der Waals surface area contributed by atoms with Crippen molar-refractivity contribution in [3.8, 4) is 23.0 Å². The summed E-state index contributed by atoms with van der Waals surface area (Å²) < 4.78 is 27.3. The number of amides is 2. The Bertz CT molecular complexity index is 1300. The van der Waals surface area contributed by atoms with Crippen molar-refractivity contribution in [2.45, 2.75) is 0 Å². The highest BCUT2D eigenvalue weighted by atomic mass is 79.9. The van der Waals surface area contributed by atoms with E-state index in [9.17, 15) is 14.4 Å². The number of carbonyl (C=O) groups excluding carboxylic acids is 3. The molecule has 13 heteroatoms. The summed E-state index contributed by atoms with van der Waals surface area (Å²) in [6.45, 7) is -0.366. The van der Waals surface area contributed by atoms with Crippen molar-refractivity contribution in [1.82, 2.24) is 10.7 Å². The van der Waals surface area contributed by atoms with Crippen LogP contribution in [0, 0.1) is 0 Å². The zero-order valence-corrected chi connectivity index (χ0v) is 23.0. The van der Waals surface area contributed by atoms with Crippen molar-refractivity contribution in [2.24, 2.45) is 5.10 Å². The van der Waals surface area contributed by atoms with Gasteiger partial charge in [0.15, 0.2) is 17.2 Å². The highest BCUT2D eigenvalue weighted by Gasteiger charge is 2.19. The minimum atomic E-state index is -0.707. The first-order valence-corrected chi connectivity index (χ1v) is 12.0. The van der Waals surface area contributed by atoms with Crippen LogP contribution >= 0.6 is 31.9 Å². The second kappa shape index (κ2) is 12.9. The lowest BCUT2D eigenvalue weighted by atomic mass is 10.1. The van der Waals surface area contributed by atoms with Gasteiger partial charge in [-0.3, -0.25) is 9.59 Å². The smallest absolute Gasteiger partial charge is 0.379 e. The maximum atomic E-state index is 12.6. The second-order valence-electron chi connectivity index (χ2n) is 7.06. The summed E-state index contributed by atoms with van der Waals surface area (Å²) in [5, 5.41) is 6.38. The molecule has 0 aliphatic heterocycles. The van der Waals surface area contributed by atoms with E-state index in [4.69, 9.17) is 23.4 Å². The third-order valence-corrected chi connectivity index (χ3v) is 5.73. The Kier molecular flexibility index (Phi) is 9.69. The van der Waals surface area contributed by atoms with Gasteiger partial charge in [0, 0.05) is 15.6 Å². The molecule has 0 bridgehead atoms. The van der Waals surface area contributed by atoms with Gasteiger partial charge >= 0.3 is 5.97 Å². The number of halogens is 2. The zero-order valence-electron chi connectivity index (χ0n) is 19.8. The number of furan rings is 1. The topological polar surface area (TPSA) is 138 Å². The molecule has 0 spiro atoms. The molecular formula is C24H21Br2N3O8. The molecular weight excluding hydrogens is 618 g/mol. The van der Waals surface area contributed by atoms with Crippen LogP contribution in [0.4, 0.5) is 0 Å². The molecule has 2 N–H and O–H groups in total. The number of nitrogens with zero attached hydrogens (tertiary/aromatic N) is 1. The molecule has 0 aliphatic rings. The Labute approximate surface area is 228 Å². The van der Waals surface area contributed by atoms with Crippen molar-refractivity contribution in [2.75, 3.05) is 27.9 Å². The lowest BCUT2D eigenvalue weighted by molar-refractivity contribution is -0.120. The third-order valence-electron chi connectivity index (χ3n) is 4.68. The van der Waals surface area contributed by atoms with Crippen molar-refractivity contribution in [3.05, 3.63) is 68.5 Å². The van der Waals surface area contributed by atoms with Crippen LogP contribution in [0.25, 0.3) is 0 Å². The first-order chi connectivity index (χ1) is 17.8. The van der Waals surface area contributed by atoms with Gasteiger partial charge < -0.3 is 28.7 Å². The first-order valence-electron chi connectivity index (χ1n) is 10.4. The predicted molar refractivity (Wildman–Crippen MR) is 140 cm³/mol.